The highest BCUT2D eigenvalue weighted by atomic mass is 16.6. The summed E-state index contributed by atoms with van der Waals surface area (Å²) in [7, 11) is 0. The third-order valence-corrected chi connectivity index (χ3v) is 4.61. The van der Waals surface area contributed by atoms with Gasteiger partial charge in [0.15, 0.2) is 11.5 Å². The Kier molecular flexibility index (Phi) is 8.15. The Labute approximate surface area is 198 Å². The van der Waals surface area contributed by atoms with E-state index in [4.69, 9.17) is 9.47 Å². The number of carbonyl (C=O) groups excluding carboxylic acids is 3. The van der Waals surface area contributed by atoms with Crippen molar-refractivity contribution in [1.29, 1.82) is 0 Å². The first-order valence-corrected chi connectivity index (χ1v) is 10.7. The zero-order valence-corrected chi connectivity index (χ0v) is 20.2. The lowest BCUT2D eigenvalue weighted by atomic mass is 9.97. The van der Waals surface area contributed by atoms with Crippen molar-refractivity contribution in [2.75, 3.05) is 0 Å². The van der Waals surface area contributed by atoms with Gasteiger partial charge >= 0.3 is 17.9 Å². The molecule has 34 heavy (non-hydrogen) atoms. The molecule has 1 atom stereocenters. The van der Waals surface area contributed by atoms with Crippen LogP contribution < -0.4 is 14.8 Å². The number of aliphatic carboxylic acids is 1. The number of hydrogen-bond donors (Lipinski definition) is 2. The second kappa shape index (κ2) is 10.5. The fourth-order valence-electron chi connectivity index (χ4n) is 2.52. The number of hydrogen-bond acceptors (Lipinski definition) is 7. The van der Waals surface area contributed by atoms with Crippen LogP contribution in [0, 0.1) is 10.8 Å². The Balaban J connectivity index is 2.33. The Morgan fingerprint density at radius 1 is 0.941 bits per heavy atom. The van der Waals surface area contributed by atoms with Crippen molar-refractivity contribution < 1.29 is 33.8 Å². The number of nitrogens with zero attached hydrogens (tertiary/aromatic N) is 1. The van der Waals surface area contributed by atoms with Crippen molar-refractivity contribution in [3.05, 3.63) is 53.9 Å². The van der Waals surface area contributed by atoms with Gasteiger partial charge in [0.05, 0.1) is 16.4 Å². The first kappa shape index (κ1) is 26.5. The van der Waals surface area contributed by atoms with Crippen LogP contribution in [0.5, 0.6) is 11.5 Å². The van der Waals surface area contributed by atoms with E-state index in [1.54, 1.807) is 53.7 Å². The van der Waals surface area contributed by atoms with Crippen molar-refractivity contribution in [2.24, 2.45) is 10.8 Å². The van der Waals surface area contributed by atoms with E-state index < -0.39 is 40.7 Å². The number of benzene rings is 1. The highest BCUT2D eigenvalue weighted by molar-refractivity contribution is 5.96. The molecule has 2 rings (SSSR count). The molecule has 182 valence electrons. The number of esters is 2. The third-order valence-electron chi connectivity index (χ3n) is 4.61. The number of aromatic nitrogens is 1. The predicted octanol–water partition coefficient (Wildman–Crippen LogP) is 3.41. The minimum Gasteiger partial charge on any atom is -0.480 e. The summed E-state index contributed by atoms with van der Waals surface area (Å²) in [5.74, 6) is -2.90. The van der Waals surface area contributed by atoms with E-state index in [1.807, 2.05) is 0 Å². The highest BCUT2D eigenvalue weighted by Gasteiger charge is 2.29. The molecule has 9 nitrogen and oxygen atoms in total. The number of ether oxygens (including phenoxy) is 2. The summed E-state index contributed by atoms with van der Waals surface area (Å²) in [6, 6.07) is 6.24. The molecule has 1 heterocycles. The minimum absolute atomic E-state index is 0.0160. The fourth-order valence-corrected chi connectivity index (χ4v) is 2.52. The van der Waals surface area contributed by atoms with Crippen molar-refractivity contribution in [3.8, 4) is 11.5 Å². The summed E-state index contributed by atoms with van der Waals surface area (Å²) in [5.41, 5.74) is -0.957. The van der Waals surface area contributed by atoms with Crippen LogP contribution in [0.3, 0.4) is 0 Å². The van der Waals surface area contributed by atoms with Gasteiger partial charge in [0, 0.05) is 18.8 Å². The van der Waals surface area contributed by atoms with Gasteiger partial charge in [-0.1, -0.05) is 6.07 Å². The van der Waals surface area contributed by atoms with E-state index in [-0.39, 0.29) is 23.5 Å². The average molecular weight is 471 g/mol. The number of carbonyl (C=O) groups is 4. The standard InChI is InChI=1S/C25H30N2O7/c1-24(2,3)22(31)33-18-10-9-15(13-19(18)34-23(32)25(4,5)6)12-17(21(29)30)27-20(28)16-8-7-11-26-14-16/h7-11,13-14,17H,12H2,1-6H3,(H,27,28)(H,29,30)/t17-/m0/s1. The maximum Gasteiger partial charge on any atom is 0.326 e. The van der Waals surface area contributed by atoms with E-state index in [0.717, 1.165) is 0 Å². The Morgan fingerprint density at radius 3 is 2.03 bits per heavy atom. The lowest BCUT2D eigenvalue weighted by Crippen LogP contribution is -2.42. The molecule has 0 aliphatic carbocycles. The largest absolute Gasteiger partial charge is 0.480 e. The molecule has 2 aromatic rings. The first-order chi connectivity index (χ1) is 15.7. The van der Waals surface area contributed by atoms with E-state index in [9.17, 15) is 24.3 Å². The molecule has 0 bridgehead atoms. The maximum absolute atomic E-state index is 12.5. The fraction of sp³-hybridized carbons (Fsp3) is 0.400. The second-order valence-corrected chi connectivity index (χ2v) is 9.87. The molecule has 0 aliphatic heterocycles. The predicted molar refractivity (Wildman–Crippen MR) is 123 cm³/mol. The smallest absolute Gasteiger partial charge is 0.326 e. The van der Waals surface area contributed by atoms with Gasteiger partial charge < -0.3 is 19.9 Å². The van der Waals surface area contributed by atoms with Gasteiger partial charge in [-0.2, -0.15) is 0 Å². The van der Waals surface area contributed by atoms with Gasteiger partial charge in [0.2, 0.25) is 0 Å². The SMILES string of the molecule is CC(C)(C)C(=O)Oc1ccc(C[C@H](NC(=O)c2cccnc2)C(=O)O)cc1OC(=O)C(C)(C)C. The molecule has 0 saturated carbocycles. The van der Waals surface area contributed by atoms with Crippen molar-refractivity contribution in [2.45, 2.75) is 54.0 Å². The number of carboxylic acid groups (broad SMARTS) is 1. The van der Waals surface area contributed by atoms with Gasteiger partial charge in [-0.05, 0) is 71.4 Å². The number of nitrogens with one attached hydrogen (secondary N) is 1. The van der Waals surface area contributed by atoms with Crippen LogP contribution in [0.2, 0.25) is 0 Å². The van der Waals surface area contributed by atoms with Crippen LogP contribution in [0.4, 0.5) is 0 Å². The summed E-state index contributed by atoms with van der Waals surface area (Å²) in [4.78, 5) is 52.9. The quantitative estimate of drug-likeness (QED) is 0.465. The molecular weight excluding hydrogens is 440 g/mol. The zero-order valence-electron chi connectivity index (χ0n) is 20.2. The van der Waals surface area contributed by atoms with Crippen LogP contribution in [0.15, 0.2) is 42.7 Å². The van der Waals surface area contributed by atoms with E-state index in [1.165, 1.54) is 30.6 Å². The molecule has 0 radical (unpaired) electrons. The molecule has 9 heteroatoms. The van der Waals surface area contributed by atoms with Crippen LogP contribution in [0.1, 0.15) is 57.5 Å². The Hall–Kier alpha value is -3.75. The molecular formula is C25H30N2O7. The van der Waals surface area contributed by atoms with Gasteiger partial charge in [-0.3, -0.25) is 19.4 Å². The third kappa shape index (κ3) is 7.40. The number of pyridine rings is 1. The molecule has 0 unspecified atom stereocenters. The first-order valence-electron chi connectivity index (χ1n) is 10.7. The maximum atomic E-state index is 12.5. The van der Waals surface area contributed by atoms with Gasteiger partial charge in [-0.25, -0.2) is 4.79 Å². The van der Waals surface area contributed by atoms with Crippen molar-refractivity contribution >= 4 is 23.8 Å². The number of rotatable bonds is 7. The molecule has 0 aliphatic rings. The molecule has 0 fully saturated rings. The summed E-state index contributed by atoms with van der Waals surface area (Å²) in [5, 5.41) is 12.1. The highest BCUT2D eigenvalue weighted by Crippen LogP contribution is 2.33. The lowest BCUT2D eigenvalue weighted by Gasteiger charge is -2.21. The van der Waals surface area contributed by atoms with Crippen molar-refractivity contribution in [3.63, 3.8) is 0 Å². The second-order valence-electron chi connectivity index (χ2n) is 9.87. The summed E-state index contributed by atoms with van der Waals surface area (Å²) < 4.78 is 10.9. The summed E-state index contributed by atoms with van der Waals surface area (Å²) >= 11 is 0. The average Bonchev–Trinajstić information content (AvgIpc) is 2.74. The van der Waals surface area contributed by atoms with Gasteiger partial charge in [0.25, 0.3) is 5.91 Å². The lowest BCUT2D eigenvalue weighted by molar-refractivity contribution is -0.145. The van der Waals surface area contributed by atoms with Gasteiger partial charge in [0.1, 0.15) is 6.04 Å². The summed E-state index contributed by atoms with van der Waals surface area (Å²) in [6.45, 7) is 10.1. The zero-order chi connectivity index (χ0) is 25.7. The number of carboxylic acids is 1. The monoisotopic (exact) mass is 470 g/mol. The Bertz CT molecular complexity index is 1070. The topological polar surface area (TPSA) is 132 Å². The molecule has 1 amide bonds. The van der Waals surface area contributed by atoms with Crippen LogP contribution in [0.25, 0.3) is 0 Å². The molecule has 1 aromatic heterocycles. The molecule has 0 spiro atoms. The molecule has 2 N–H and O–H groups in total. The molecule has 1 aromatic carbocycles. The van der Waals surface area contributed by atoms with Crippen LogP contribution in [-0.4, -0.2) is 39.9 Å². The minimum atomic E-state index is -1.26. The normalized spacial score (nSPS) is 12.4. The van der Waals surface area contributed by atoms with E-state index in [2.05, 4.69) is 10.3 Å². The van der Waals surface area contributed by atoms with Gasteiger partial charge in [-0.15, -0.1) is 0 Å². The van der Waals surface area contributed by atoms with Crippen molar-refractivity contribution in [1.82, 2.24) is 10.3 Å². The summed E-state index contributed by atoms with van der Waals surface area (Å²) in [6.07, 6.45) is 2.73. The molecule has 0 saturated heterocycles. The van der Waals surface area contributed by atoms with E-state index in [0.29, 0.717) is 5.56 Å². The number of amides is 1. The van der Waals surface area contributed by atoms with Crippen LogP contribution >= 0.6 is 0 Å². The van der Waals surface area contributed by atoms with Crippen LogP contribution in [-0.2, 0) is 20.8 Å². The Morgan fingerprint density at radius 2 is 1.53 bits per heavy atom. The van der Waals surface area contributed by atoms with E-state index >= 15 is 0 Å².